The third-order valence-corrected chi connectivity index (χ3v) is 10.2. The zero-order valence-corrected chi connectivity index (χ0v) is 26.4. The van der Waals surface area contributed by atoms with Crippen LogP contribution >= 0.6 is 0 Å². The van der Waals surface area contributed by atoms with Gasteiger partial charge in [0.25, 0.3) is 15.9 Å². The second-order valence-electron chi connectivity index (χ2n) is 12.6. The van der Waals surface area contributed by atoms with Gasteiger partial charge in [-0.25, -0.2) is 18.1 Å². The Morgan fingerprint density at radius 1 is 1.00 bits per heavy atom. The van der Waals surface area contributed by atoms with Crippen molar-refractivity contribution in [2.75, 3.05) is 17.9 Å². The van der Waals surface area contributed by atoms with Gasteiger partial charge in [-0.1, -0.05) is 38.1 Å². The van der Waals surface area contributed by atoms with Gasteiger partial charge in [-0.2, -0.15) is 4.98 Å². The fourth-order valence-electron chi connectivity index (χ4n) is 6.73. The summed E-state index contributed by atoms with van der Waals surface area (Å²) in [5.41, 5.74) is 3.67. The molecule has 1 saturated carbocycles. The zero-order chi connectivity index (χ0) is 31.2. The molecule has 10 nitrogen and oxygen atoms in total. The maximum absolute atomic E-state index is 14.3. The number of fused-ring (bicyclic) bond motifs is 4. The van der Waals surface area contributed by atoms with E-state index in [9.17, 15) is 18.0 Å². The first-order chi connectivity index (χ1) is 21.0. The Hall–Kier alpha value is -3.99. The van der Waals surface area contributed by atoms with Gasteiger partial charge in [0.1, 0.15) is 6.61 Å². The molecule has 3 aliphatic rings. The Labute approximate surface area is 258 Å². The van der Waals surface area contributed by atoms with Crippen molar-refractivity contribution in [1.82, 2.24) is 19.8 Å². The van der Waals surface area contributed by atoms with Crippen LogP contribution in [0.15, 0.2) is 53.4 Å². The van der Waals surface area contributed by atoms with Crippen LogP contribution in [0.1, 0.15) is 67.4 Å². The standard InChI is InChI=1S/C33H39N5O5S/c1-20(2)14-26-19-43-29-18-28(31-21(3)8-5-9-22(31)4)34-33(35-29)36-44(41,42)27-11-6-10-23(15-27)32(40)38(26)25-16-24(17-25)37-13-7-12-30(37)39/h5-6,8-11,15,18,20,24-26H,7,12-14,16-17,19H2,1-4H3,(H,34,35,36)/t24?,25?,26-/m1/s1. The molecule has 11 heteroatoms. The van der Waals surface area contributed by atoms with Gasteiger partial charge in [0.2, 0.25) is 17.7 Å². The number of aromatic nitrogens is 2. The molecule has 2 fully saturated rings. The number of sulfonamides is 1. The number of nitrogens with zero attached hydrogens (tertiary/aromatic N) is 4. The highest BCUT2D eigenvalue weighted by Gasteiger charge is 2.44. The molecule has 2 aliphatic heterocycles. The molecule has 3 aromatic rings. The number of ether oxygens (including phenoxy) is 1. The van der Waals surface area contributed by atoms with Crippen LogP contribution in [0.5, 0.6) is 5.88 Å². The van der Waals surface area contributed by atoms with Gasteiger partial charge in [0.15, 0.2) is 0 Å². The van der Waals surface area contributed by atoms with Crippen LogP contribution < -0.4 is 9.46 Å². The first-order valence-electron chi connectivity index (χ1n) is 15.3. The average molecular weight is 618 g/mol. The number of benzene rings is 2. The van der Waals surface area contributed by atoms with Crippen molar-refractivity contribution < 1.29 is 22.7 Å². The molecule has 1 aromatic heterocycles. The molecule has 3 heterocycles. The molecular weight excluding hydrogens is 578 g/mol. The fourth-order valence-corrected chi connectivity index (χ4v) is 7.72. The van der Waals surface area contributed by atoms with Crippen molar-refractivity contribution in [3.8, 4) is 17.1 Å². The lowest BCUT2D eigenvalue weighted by atomic mass is 9.82. The monoisotopic (exact) mass is 617 g/mol. The Bertz CT molecular complexity index is 1680. The molecule has 232 valence electrons. The topological polar surface area (TPSA) is 122 Å². The number of nitrogens with one attached hydrogen (secondary N) is 1. The van der Waals surface area contributed by atoms with Crippen molar-refractivity contribution in [2.45, 2.75) is 82.8 Å². The molecule has 4 bridgehead atoms. The average Bonchev–Trinajstić information content (AvgIpc) is 3.36. The van der Waals surface area contributed by atoms with E-state index in [1.165, 1.54) is 12.1 Å². The van der Waals surface area contributed by atoms with Crippen LogP contribution in [0.3, 0.4) is 0 Å². The van der Waals surface area contributed by atoms with Crippen molar-refractivity contribution in [1.29, 1.82) is 0 Å². The highest BCUT2D eigenvalue weighted by Crippen LogP contribution is 2.36. The number of anilines is 1. The normalized spacial score (nSPS) is 23.2. The number of rotatable bonds is 5. The number of carbonyl (C=O) groups excluding carboxylic acids is 2. The number of aryl methyl sites for hydroxylation is 2. The first-order valence-corrected chi connectivity index (χ1v) is 16.8. The van der Waals surface area contributed by atoms with Crippen LogP contribution in [-0.2, 0) is 14.8 Å². The smallest absolute Gasteiger partial charge is 0.264 e. The minimum absolute atomic E-state index is 0.0550. The SMILES string of the molecule is Cc1cccc(C)c1-c1cc2nc(n1)NS(=O)(=O)c1cccc(c1)C(=O)N(C1CC(N3CCCC3=O)C1)[C@H](CC(C)C)CO2. The highest BCUT2D eigenvalue weighted by molar-refractivity contribution is 7.92. The predicted octanol–water partition coefficient (Wildman–Crippen LogP) is 4.96. The van der Waals surface area contributed by atoms with Gasteiger partial charge in [-0.3, -0.25) is 9.59 Å². The van der Waals surface area contributed by atoms with E-state index in [1.807, 2.05) is 41.8 Å². The van der Waals surface area contributed by atoms with Gasteiger partial charge >= 0.3 is 0 Å². The van der Waals surface area contributed by atoms with Crippen LogP contribution in [0.25, 0.3) is 11.3 Å². The summed E-state index contributed by atoms with van der Waals surface area (Å²) in [6.45, 7) is 9.10. The zero-order valence-electron chi connectivity index (χ0n) is 25.6. The van der Waals surface area contributed by atoms with E-state index in [0.29, 0.717) is 31.4 Å². The number of amides is 2. The van der Waals surface area contributed by atoms with Crippen LogP contribution in [0.4, 0.5) is 5.95 Å². The Morgan fingerprint density at radius 2 is 1.73 bits per heavy atom. The molecule has 0 radical (unpaired) electrons. The lowest BCUT2D eigenvalue weighted by molar-refractivity contribution is -0.132. The van der Waals surface area contributed by atoms with Crippen molar-refractivity contribution in [2.24, 2.45) is 5.92 Å². The number of likely N-dealkylation sites (tertiary alicyclic amines) is 1. The van der Waals surface area contributed by atoms with Crippen molar-refractivity contribution >= 4 is 27.8 Å². The van der Waals surface area contributed by atoms with E-state index in [2.05, 4.69) is 28.5 Å². The molecule has 1 N–H and O–H groups in total. The van der Waals surface area contributed by atoms with Crippen LogP contribution in [0, 0.1) is 19.8 Å². The quantitative estimate of drug-likeness (QED) is 0.429. The van der Waals surface area contributed by atoms with Crippen LogP contribution in [-0.4, -0.2) is 71.3 Å². The predicted molar refractivity (Wildman–Crippen MR) is 167 cm³/mol. The van der Waals surface area contributed by atoms with E-state index < -0.39 is 10.0 Å². The Balaban J connectivity index is 1.43. The lowest BCUT2D eigenvalue weighted by Crippen LogP contribution is -2.59. The van der Waals surface area contributed by atoms with Gasteiger partial charge in [-0.05, 0) is 74.8 Å². The maximum atomic E-state index is 14.3. The van der Waals surface area contributed by atoms with E-state index in [4.69, 9.17) is 4.74 Å². The van der Waals surface area contributed by atoms with Gasteiger partial charge in [0, 0.05) is 42.2 Å². The summed E-state index contributed by atoms with van der Waals surface area (Å²) >= 11 is 0. The van der Waals surface area contributed by atoms with Gasteiger partial charge < -0.3 is 14.5 Å². The summed E-state index contributed by atoms with van der Waals surface area (Å²) in [4.78, 5) is 39.5. The second kappa shape index (κ2) is 11.8. The first kappa shape index (κ1) is 30.1. The largest absolute Gasteiger partial charge is 0.475 e. The second-order valence-corrected chi connectivity index (χ2v) is 14.3. The van der Waals surface area contributed by atoms with Crippen molar-refractivity contribution in [3.05, 3.63) is 65.2 Å². The highest BCUT2D eigenvalue weighted by atomic mass is 32.2. The molecular formula is C33H39N5O5S. The van der Waals surface area contributed by atoms with E-state index in [1.54, 1.807) is 18.2 Å². The summed E-state index contributed by atoms with van der Waals surface area (Å²) in [5, 5.41) is 0. The molecule has 6 rings (SSSR count). The minimum atomic E-state index is -4.13. The molecule has 44 heavy (non-hydrogen) atoms. The number of hydrogen-bond donors (Lipinski definition) is 1. The summed E-state index contributed by atoms with van der Waals surface area (Å²) < 4.78 is 36.0. The molecule has 1 atom stereocenters. The van der Waals surface area contributed by atoms with Crippen LogP contribution in [0.2, 0.25) is 0 Å². The van der Waals surface area contributed by atoms with Gasteiger partial charge in [0.05, 0.1) is 16.6 Å². The van der Waals surface area contributed by atoms with E-state index >= 15 is 0 Å². The maximum Gasteiger partial charge on any atom is 0.264 e. The molecule has 2 amide bonds. The summed E-state index contributed by atoms with van der Waals surface area (Å²) in [5.74, 6) is 0.296. The Kier molecular flexibility index (Phi) is 8.08. The molecule has 1 saturated heterocycles. The molecule has 0 spiro atoms. The number of carbonyl (C=O) groups is 2. The molecule has 0 unspecified atom stereocenters. The summed E-state index contributed by atoms with van der Waals surface area (Å²) in [7, 11) is -4.13. The number of hydrogen-bond acceptors (Lipinski definition) is 7. The van der Waals surface area contributed by atoms with Gasteiger partial charge in [-0.15, -0.1) is 0 Å². The third kappa shape index (κ3) is 5.89. The van der Waals surface area contributed by atoms with E-state index in [-0.39, 0.29) is 64.8 Å². The summed E-state index contributed by atoms with van der Waals surface area (Å²) in [6, 6.07) is 13.4. The molecule has 1 aliphatic carbocycles. The lowest BCUT2D eigenvalue weighted by Gasteiger charge is -2.49. The fraction of sp³-hybridized carbons (Fsp3) is 0.455. The third-order valence-electron chi connectivity index (χ3n) is 8.88. The Morgan fingerprint density at radius 3 is 2.41 bits per heavy atom. The summed E-state index contributed by atoms with van der Waals surface area (Å²) in [6.07, 6.45) is 3.48. The minimum Gasteiger partial charge on any atom is -0.475 e. The van der Waals surface area contributed by atoms with E-state index in [0.717, 1.165) is 29.7 Å². The van der Waals surface area contributed by atoms with Crippen molar-refractivity contribution in [3.63, 3.8) is 0 Å². The molecule has 2 aromatic carbocycles.